The van der Waals surface area contributed by atoms with E-state index in [1.165, 1.54) is 0 Å². The number of nitrogens with two attached hydrogens (primary N) is 1. The first-order chi connectivity index (χ1) is 14.8. The number of nitrogens with one attached hydrogen (secondary N) is 3. The molecule has 0 spiro atoms. The predicted octanol–water partition coefficient (Wildman–Crippen LogP) is -1.83. The van der Waals surface area contributed by atoms with E-state index in [4.69, 9.17) is 21.1 Å². The zero-order chi connectivity index (χ0) is 25.0. The van der Waals surface area contributed by atoms with E-state index in [2.05, 4.69) is 23.3 Å². The maximum Gasteiger partial charge on any atom is 0.326 e. The monoisotopic (exact) mass is 478 g/mol. The molecule has 0 bridgehead atoms. The number of rotatable bonds is 15. The van der Waals surface area contributed by atoms with Gasteiger partial charge < -0.3 is 37.0 Å². The van der Waals surface area contributed by atoms with Crippen LogP contribution in [0.2, 0.25) is 0 Å². The maximum absolute atomic E-state index is 12.7. The van der Waals surface area contributed by atoms with Crippen molar-refractivity contribution in [1.82, 2.24) is 16.0 Å². The summed E-state index contributed by atoms with van der Waals surface area (Å²) in [7, 11) is 0. The highest BCUT2D eigenvalue weighted by molar-refractivity contribution is 7.80. The third-order valence-corrected chi connectivity index (χ3v) is 4.54. The average molecular weight is 479 g/mol. The SMILES string of the molecule is CC(C)CC(NC(=O)C(N)CS)C(=O)NC(CC(=O)O)C(=O)NC(CCC(=O)O)C(=O)O. The van der Waals surface area contributed by atoms with E-state index in [1.807, 2.05) is 5.32 Å². The van der Waals surface area contributed by atoms with Gasteiger partial charge in [0.1, 0.15) is 18.1 Å². The molecule has 0 aliphatic carbocycles. The van der Waals surface area contributed by atoms with Crippen LogP contribution in [0.25, 0.3) is 0 Å². The molecule has 0 saturated carbocycles. The lowest BCUT2D eigenvalue weighted by Gasteiger charge is -2.25. The molecule has 0 aromatic rings. The van der Waals surface area contributed by atoms with E-state index in [9.17, 15) is 28.8 Å². The van der Waals surface area contributed by atoms with Crippen molar-refractivity contribution in [2.45, 2.75) is 63.7 Å². The van der Waals surface area contributed by atoms with Crippen molar-refractivity contribution in [3.8, 4) is 0 Å². The van der Waals surface area contributed by atoms with Crippen molar-refractivity contribution < 1.29 is 44.1 Å². The molecule has 13 nitrogen and oxygen atoms in total. The number of thiol groups is 1. The van der Waals surface area contributed by atoms with Crippen molar-refractivity contribution >= 4 is 48.3 Å². The fourth-order valence-corrected chi connectivity index (χ4v) is 2.68. The van der Waals surface area contributed by atoms with E-state index >= 15 is 0 Å². The Morgan fingerprint density at radius 3 is 1.75 bits per heavy atom. The van der Waals surface area contributed by atoms with Gasteiger partial charge in [0.2, 0.25) is 17.7 Å². The Labute approximate surface area is 189 Å². The van der Waals surface area contributed by atoms with Crippen LogP contribution in [-0.2, 0) is 28.8 Å². The topological polar surface area (TPSA) is 225 Å². The average Bonchev–Trinajstić information content (AvgIpc) is 2.67. The van der Waals surface area contributed by atoms with Crippen LogP contribution < -0.4 is 21.7 Å². The number of carbonyl (C=O) groups is 6. The predicted molar refractivity (Wildman–Crippen MR) is 114 cm³/mol. The molecular formula is C18H30N4O9S. The number of amides is 3. The highest BCUT2D eigenvalue weighted by Crippen LogP contribution is 2.07. The summed E-state index contributed by atoms with van der Waals surface area (Å²) in [6.07, 6.45) is -1.73. The molecule has 0 saturated heterocycles. The second-order valence-corrected chi connectivity index (χ2v) is 7.84. The van der Waals surface area contributed by atoms with Crippen LogP contribution in [0.4, 0.5) is 0 Å². The van der Waals surface area contributed by atoms with E-state index in [0.29, 0.717) is 0 Å². The molecule has 0 aliphatic heterocycles. The zero-order valence-electron chi connectivity index (χ0n) is 17.7. The Balaban J connectivity index is 5.49. The molecule has 182 valence electrons. The molecule has 8 N–H and O–H groups in total. The summed E-state index contributed by atoms with van der Waals surface area (Å²) in [5.74, 6) is -6.98. The third kappa shape index (κ3) is 11.5. The van der Waals surface area contributed by atoms with Crippen LogP contribution in [0.15, 0.2) is 0 Å². The molecule has 0 fully saturated rings. The summed E-state index contributed by atoms with van der Waals surface area (Å²) < 4.78 is 0. The summed E-state index contributed by atoms with van der Waals surface area (Å²) in [6, 6.07) is -5.41. The highest BCUT2D eigenvalue weighted by atomic mass is 32.1. The normalized spacial score (nSPS) is 14.5. The summed E-state index contributed by atoms with van der Waals surface area (Å²) in [5, 5.41) is 33.6. The van der Waals surface area contributed by atoms with Gasteiger partial charge in [-0.1, -0.05) is 13.8 Å². The summed E-state index contributed by atoms with van der Waals surface area (Å²) >= 11 is 3.91. The number of aliphatic carboxylic acids is 3. The minimum atomic E-state index is -1.67. The van der Waals surface area contributed by atoms with Crippen LogP contribution in [0.1, 0.15) is 39.5 Å². The van der Waals surface area contributed by atoms with Gasteiger partial charge >= 0.3 is 17.9 Å². The van der Waals surface area contributed by atoms with Crippen LogP contribution >= 0.6 is 12.6 Å². The molecule has 32 heavy (non-hydrogen) atoms. The van der Waals surface area contributed by atoms with Gasteiger partial charge in [0.15, 0.2) is 0 Å². The summed E-state index contributed by atoms with van der Waals surface area (Å²) in [5.41, 5.74) is 5.58. The van der Waals surface area contributed by atoms with E-state index in [-0.39, 0.29) is 18.1 Å². The lowest BCUT2D eigenvalue weighted by Crippen LogP contribution is -2.57. The standard InChI is InChI=1S/C18H30N4O9S/c1-8(2)5-11(21-15(27)9(19)7-32)16(28)22-12(6-14(25)26)17(29)20-10(18(30)31)3-4-13(23)24/h8-12,32H,3-7,19H2,1-2H3,(H,20,29)(H,21,27)(H,22,28)(H,23,24)(H,25,26)(H,30,31). The van der Waals surface area contributed by atoms with Crippen LogP contribution in [0.5, 0.6) is 0 Å². The lowest BCUT2D eigenvalue weighted by molar-refractivity contribution is -0.144. The third-order valence-electron chi connectivity index (χ3n) is 4.15. The van der Waals surface area contributed by atoms with E-state index in [1.54, 1.807) is 13.8 Å². The van der Waals surface area contributed by atoms with Crippen LogP contribution in [0, 0.1) is 5.92 Å². The van der Waals surface area contributed by atoms with Crippen molar-refractivity contribution in [1.29, 1.82) is 0 Å². The molecule has 0 aromatic carbocycles. The number of hydrogen-bond donors (Lipinski definition) is 8. The number of carboxylic acid groups (broad SMARTS) is 3. The van der Waals surface area contributed by atoms with Gasteiger partial charge in [-0.05, 0) is 18.8 Å². The molecule has 4 atom stereocenters. The second kappa shape index (κ2) is 14.2. The number of carboxylic acids is 3. The lowest BCUT2D eigenvalue weighted by atomic mass is 10.0. The Morgan fingerprint density at radius 2 is 1.31 bits per heavy atom. The van der Waals surface area contributed by atoms with Gasteiger partial charge in [-0.3, -0.25) is 24.0 Å². The molecule has 0 aromatic heterocycles. The second-order valence-electron chi connectivity index (χ2n) is 7.47. The summed E-state index contributed by atoms with van der Waals surface area (Å²) in [6.45, 7) is 3.54. The smallest absolute Gasteiger partial charge is 0.326 e. The summed E-state index contributed by atoms with van der Waals surface area (Å²) in [4.78, 5) is 70.4. The van der Waals surface area contributed by atoms with Gasteiger partial charge in [-0.2, -0.15) is 12.6 Å². The molecule has 0 heterocycles. The van der Waals surface area contributed by atoms with Gasteiger partial charge in [0, 0.05) is 12.2 Å². The first kappa shape index (κ1) is 29.1. The van der Waals surface area contributed by atoms with Crippen molar-refractivity contribution in [2.75, 3.05) is 5.75 Å². The first-order valence-corrected chi connectivity index (χ1v) is 10.4. The number of hydrogen-bond acceptors (Lipinski definition) is 8. The molecular weight excluding hydrogens is 448 g/mol. The van der Waals surface area contributed by atoms with E-state index < -0.39 is 79.1 Å². The van der Waals surface area contributed by atoms with Gasteiger partial charge in [-0.15, -0.1) is 0 Å². The van der Waals surface area contributed by atoms with E-state index in [0.717, 1.165) is 0 Å². The highest BCUT2D eigenvalue weighted by Gasteiger charge is 2.32. The van der Waals surface area contributed by atoms with Gasteiger partial charge in [0.05, 0.1) is 12.5 Å². The molecule has 0 aliphatic rings. The molecule has 0 radical (unpaired) electrons. The fourth-order valence-electron chi connectivity index (χ4n) is 2.52. The van der Waals surface area contributed by atoms with Crippen LogP contribution in [-0.4, -0.2) is 80.9 Å². The van der Waals surface area contributed by atoms with Crippen molar-refractivity contribution in [3.05, 3.63) is 0 Å². The molecule has 0 rings (SSSR count). The Bertz CT molecular complexity index is 717. The Morgan fingerprint density at radius 1 is 0.812 bits per heavy atom. The largest absolute Gasteiger partial charge is 0.481 e. The van der Waals surface area contributed by atoms with Gasteiger partial charge in [-0.25, -0.2) is 4.79 Å². The maximum atomic E-state index is 12.7. The minimum absolute atomic E-state index is 0.0127. The minimum Gasteiger partial charge on any atom is -0.481 e. The Kier molecular flexibility index (Phi) is 13.0. The molecule has 4 unspecified atom stereocenters. The zero-order valence-corrected chi connectivity index (χ0v) is 18.6. The first-order valence-electron chi connectivity index (χ1n) is 9.72. The quantitative estimate of drug-likeness (QED) is 0.123. The van der Waals surface area contributed by atoms with Gasteiger partial charge in [0.25, 0.3) is 0 Å². The number of carbonyl (C=O) groups excluding carboxylic acids is 3. The van der Waals surface area contributed by atoms with Crippen molar-refractivity contribution in [2.24, 2.45) is 11.7 Å². The van der Waals surface area contributed by atoms with Crippen molar-refractivity contribution in [3.63, 3.8) is 0 Å². The Hall–Kier alpha value is -2.87. The van der Waals surface area contributed by atoms with Crippen LogP contribution in [0.3, 0.4) is 0 Å². The fraction of sp³-hybridized carbons (Fsp3) is 0.667. The molecule has 3 amide bonds. The molecule has 14 heteroatoms.